The maximum Gasteiger partial charge on any atom is 0.0896 e. The second-order valence-electron chi connectivity index (χ2n) is 4.40. The van der Waals surface area contributed by atoms with E-state index < -0.39 is 6.10 Å². The third-order valence-electron chi connectivity index (χ3n) is 2.89. The zero-order valence-electron chi connectivity index (χ0n) is 10.6. The molecule has 6 heteroatoms. The molecule has 0 saturated carbocycles. The van der Waals surface area contributed by atoms with Gasteiger partial charge in [0, 0.05) is 24.5 Å². The third-order valence-corrected chi connectivity index (χ3v) is 3.86. The molecule has 0 saturated heterocycles. The van der Waals surface area contributed by atoms with Crippen LogP contribution in [-0.2, 0) is 13.6 Å². The molecule has 0 unspecified atom stereocenters. The number of nitrogens with zero attached hydrogens (tertiary/aromatic N) is 3. The fourth-order valence-corrected chi connectivity index (χ4v) is 2.49. The molecule has 2 rings (SSSR count). The fourth-order valence-electron chi connectivity index (χ4n) is 1.77. The van der Waals surface area contributed by atoms with Gasteiger partial charge >= 0.3 is 0 Å². The van der Waals surface area contributed by atoms with E-state index in [0.717, 1.165) is 10.6 Å². The highest BCUT2D eigenvalue weighted by Crippen LogP contribution is 2.22. The van der Waals surface area contributed by atoms with Crippen molar-refractivity contribution in [1.29, 1.82) is 0 Å². The normalized spacial score (nSPS) is 14.6. The van der Waals surface area contributed by atoms with Crippen LogP contribution in [0.3, 0.4) is 0 Å². The van der Waals surface area contributed by atoms with E-state index in [1.165, 1.54) is 0 Å². The highest BCUT2D eigenvalue weighted by atomic mass is 32.1. The number of thiophene rings is 1. The van der Waals surface area contributed by atoms with E-state index in [1.54, 1.807) is 22.2 Å². The predicted molar refractivity (Wildman–Crippen MR) is 71.2 cm³/mol. The van der Waals surface area contributed by atoms with Gasteiger partial charge < -0.3 is 10.4 Å². The summed E-state index contributed by atoms with van der Waals surface area (Å²) < 4.78 is 1.75. The standard InChI is InChI=1S/C12H18N4OS/c1-9(6-11(17)12-4-3-5-18-12)13-7-10-8-14-15-16(10)2/h3-5,8-9,11,13,17H,6-7H2,1-2H3/t9-,11+/m1/s1. The van der Waals surface area contributed by atoms with Crippen molar-refractivity contribution in [2.75, 3.05) is 0 Å². The summed E-state index contributed by atoms with van der Waals surface area (Å²) >= 11 is 1.59. The van der Waals surface area contributed by atoms with Gasteiger partial charge in [0.2, 0.25) is 0 Å². The molecule has 2 heterocycles. The maximum atomic E-state index is 10.0. The van der Waals surface area contributed by atoms with E-state index in [1.807, 2.05) is 24.6 Å². The van der Waals surface area contributed by atoms with Crippen LogP contribution in [0.4, 0.5) is 0 Å². The van der Waals surface area contributed by atoms with Crippen LogP contribution >= 0.6 is 11.3 Å². The van der Waals surface area contributed by atoms with Crippen molar-refractivity contribution >= 4 is 11.3 Å². The molecule has 0 aliphatic heterocycles. The summed E-state index contributed by atoms with van der Waals surface area (Å²) in [5.74, 6) is 0. The minimum Gasteiger partial charge on any atom is -0.388 e. The van der Waals surface area contributed by atoms with Crippen LogP contribution in [-0.4, -0.2) is 26.1 Å². The van der Waals surface area contributed by atoms with Gasteiger partial charge in [-0.05, 0) is 24.8 Å². The zero-order chi connectivity index (χ0) is 13.0. The number of hydrogen-bond donors (Lipinski definition) is 2. The number of rotatable bonds is 6. The van der Waals surface area contributed by atoms with Gasteiger partial charge in [-0.1, -0.05) is 11.3 Å². The monoisotopic (exact) mass is 266 g/mol. The molecule has 0 aliphatic carbocycles. The Hall–Kier alpha value is -1.24. The molecule has 0 spiro atoms. The van der Waals surface area contributed by atoms with Crippen molar-refractivity contribution in [1.82, 2.24) is 20.3 Å². The van der Waals surface area contributed by atoms with E-state index >= 15 is 0 Å². The minimum absolute atomic E-state index is 0.233. The average molecular weight is 266 g/mol. The Labute approximate surface area is 110 Å². The molecule has 0 aliphatic rings. The van der Waals surface area contributed by atoms with Crippen molar-refractivity contribution in [3.8, 4) is 0 Å². The SMILES string of the molecule is C[C@H](C[C@H](O)c1cccs1)NCc1cnnn1C. The van der Waals surface area contributed by atoms with Gasteiger partial charge in [-0.2, -0.15) is 0 Å². The highest BCUT2D eigenvalue weighted by Gasteiger charge is 2.13. The molecule has 0 aromatic carbocycles. The van der Waals surface area contributed by atoms with Crippen LogP contribution in [0.25, 0.3) is 0 Å². The fraction of sp³-hybridized carbons (Fsp3) is 0.500. The second kappa shape index (κ2) is 6.08. The van der Waals surface area contributed by atoms with Crippen molar-refractivity contribution in [2.24, 2.45) is 7.05 Å². The summed E-state index contributed by atoms with van der Waals surface area (Å²) in [6.45, 7) is 2.78. The second-order valence-corrected chi connectivity index (χ2v) is 5.38. The molecule has 0 bridgehead atoms. The van der Waals surface area contributed by atoms with E-state index in [0.29, 0.717) is 13.0 Å². The first-order valence-electron chi connectivity index (χ1n) is 5.95. The molecule has 2 aromatic heterocycles. The van der Waals surface area contributed by atoms with Gasteiger partial charge in [-0.15, -0.1) is 16.4 Å². The molecule has 2 N–H and O–H groups in total. The molecule has 0 fully saturated rings. The summed E-state index contributed by atoms with van der Waals surface area (Å²) in [6.07, 6.45) is 2.05. The summed E-state index contributed by atoms with van der Waals surface area (Å²) in [5.41, 5.74) is 1.03. The Morgan fingerprint density at radius 3 is 3.00 bits per heavy atom. The van der Waals surface area contributed by atoms with Crippen molar-refractivity contribution < 1.29 is 5.11 Å². The summed E-state index contributed by atoms with van der Waals surface area (Å²) in [5, 5.41) is 23.1. The lowest BCUT2D eigenvalue weighted by Gasteiger charge is -2.17. The Morgan fingerprint density at radius 2 is 2.39 bits per heavy atom. The number of hydrogen-bond acceptors (Lipinski definition) is 5. The third kappa shape index (κ3) is 3.38. The Bertz CT molecular complexity index is 468. The molecule has 0 amide bonds. The van der Waals surface area contributed by atoms with Gasteiger partial charge in [-0.3, -0.25) is 4.68 Å². The zero-order valence-corrected chi connectivity index (χ0v) is 11.4. The summed E-state index contributed by atoms with van der Waals surface area (Å²) in [4.78, 5) is 1.02. The van der Waals surface area contributed by atoms with Crippen LogP contribution in [0.15, 0.2) is 23.7 Å². The van der Waals surface area contributed by atoms with Crippen molar-refractivity contribution in [3.63, 3.8) is 0 Å². The smallest absolute Gasteiger partial charge is 0.0896 e. The van der Waals surface area contributed by atoms with Crippen LogP contribution in [0.5, 0.6) is 0 Å². The Kier molecular flexibility index (Phi) is 4.46. The highest BCUT2D eigenvalue weighted by molar-refractivity contribution is 7.10. The maximum absolute atomic E-state index is 10.0. The number of aromatic nitrogens is 3. The first kappa shape index (κ1) is 13.2. The van der Waals surface area contributed by atoms with Gasteiger partial charge in [-0.25, -0.2) is 0 Å². The number of aliphatic hydroxyl groups excluding tert-OH is 1. The minimum atomic E-state index is -0.392. The predicted octanol–water partition coefficient (Wildman–Crippen LogP) is 1.48. The molecular formula is C12H18N4OS. The molecule has 5 nitrogen and oxygen atoms in total. The Balaban J connectivity index is 1.79. The molecule has 2 aromatic rings. The summed E-state index contributed by atoms with van der Waals surface area (Å²) in [7, 11) is 1.87. The van der Waals surface area contributed by atoms with Crippen molar-refractivity contribution in [3.05, 3.63) is 34.3 Å². The lowest BCUT2D eigenvalue weighted by atomic mass is 10.1. The van der Waals surface area contributed by atoms with Gasteiger partial charge in [0.15, 0.2) is 0 Å². The largest absolute Gasteiger partial charge is 0.388 e. The van der Waals surface area contributed by atoms with Gasteiger partial charge in [0.05, 0.1) is 18.0 Å². The van der Waals surface area contributed by atoms with E-state index in [9.17, 15) is 5.11 Å². The molecule has 0 radical (unpaired) electrons. The lowest BCUT2D eigenvalue weighted by Crippen LogP contribution is -2.28. The number of aliphatic hydroxyl groups is 1. The average Bonchev–Trinajstić information content (AvgIpc) is 2.97. The van der Waals surface area contributed by atoms with Crippen LogP contribution in [0, 0.1) is 0 Å². The van der Waals surface area contributed by atoms with E-state index in [-0.39, 0.29) is 6.04 Å². The molecule has 2 atom stereocenters. The molecule has 18 heavy (non-hydrogen) atoms. The van der Waals surface area contributed by atoms with Crippen LogP contribution in [0.1, 0.15) is 30.0 Å². The van der Waals surface area contributed by atoms with Crippen molar-refractivity contribution in [2.45, 2.75) is 32.0 Å². The number of aryl methyl sites for hydroxylation is 1. The van der Waals surface area contributed by atoms with Gasteiger partial charge in [0.25, 0.3) is 0 Å². The van der Waals surface area contributed by atoms with E-state index in [4.69, 9.17) is 0 Å². The topological polar surface area (TPSA) is 63.0 Å². The lowest BCUT2D eigenvalue weighted by molar-refractivity contribution is 0.157. The number of nitrogens with one attached hydrogen (secondary N) is 1. The van der Waals surface area contributed by atoms with Gasteiger partial charge in [0.1, 0.15) is 0 Å². The first-order valence-corrected chi connectivity index (χ1v) is 6.83. The van der Waals surface area contributed by atoms with E-state index in [2.05, 4.69) is 22.6 Å². The first-order chi connectivity index (χ1) is 8.66. The Morgan fingerprint density at radius 1 is 1.56 bits per heavy atom. The molecular weight excluding hydrogens is 248 g/mol. The van der Waals surface area contributed by atoms with Crippen LogP contribution < -0.4 is 5.32 Å². The molecule has 98 valence electrons. The summed E-state index contributed by atoms with van der Waals surface area (Å²) in [6, 6.07) is 4.16. The van der Waals surface area contributed by atoms with Crippen LogP contribution in [0.2, 0.25) is 0 Å². The quantitative estimate of drug-likeness (QED) is 0.831.